The molecule has 0 spiro atoms. The van der Waals surface area contributed by atoms with E-state index < -0.39 is 17.4 Å². The number of benzene rings is 1. The van der Waals surface area contributed by atoms with Gasteiger partial charge < -0.3 is 15.0 Å². The molecule has 1 aromatic carbocycles. The average molecular weight is 347 g/mol. The molecule has 22 heavy (non-hydrogen) atoms. The first-order valence-corrected chi connectivity index (χ1v) is 6.80. The maximum Gasteiger partial charge on any atom is 0.328 e. The van der Waals surface area contributed by atoms with Crippen molar-refractivity contribution in [2.24, 2.45) is 0 Å². The molecule has 0 bridgehead atoms. The van der Waals surface area contributed by atoms with E-state index in [1.165, 1.54) is 12.0 Å². The Labute approximate surface area is 139 Å². The first-order chi connectivity index (χ1) is 10.0. The van der Waals surface area contributed by atoms with Crippen LogP contribution in [0.3, 0.4) is 0 Å². The summed E-state index contributed by atoms with van der Waals surface area (Å²) in [7, 11) is 1.25. The van der Waals surface area contributed by atoms with Crippen LogP contribution in [-0.2, 0) is 9.53 Å². The highest BCUT2D eigenvalue weighted by Gasteiger charge is 2.40. The zero-order valence-electron chi connectivity index (χ0n) is 11.8. The number of hydrogen-bond acceptors (Lipinski definition) is 4. The largest absolute Gasteiger partial charge is 0.467 e. The molecule has 2 amide bonds. The average Bonchev–Trinajstić information content (AvgIpc) is 2.91. The predicted octanol–water partition coefficient (Wildman–Crippen LogP) is 1.81. The quantitative estimate of drug-likeness (QED) is 0.514. The Hall–Kier alpha value is -1.79. The Balaban J connectivity index is 0.00000242. The number of hydrogen-bond donors (Lipinski definition) is 1. The minimum atomic E-state index is -0.763. The summed E-state index contributed by atoms with van der Waals surface area (Å²) in [5.74, 6) is -0.798. The van der Waals surface area contributed by atoms with Crippen molar-refractivity contribution in [3.63, 3.8) is 0 Å². The number of likely N-dealkylation sites (tertiary alicyclic amines) is 1. The summed E-state index contributed by atoms with van der Waals surface area (Å²) in [5, 5.41) is 2.06. The molecule has 120 valence electrons. The number of nitrogens with one attached hydrogen (secondary N) is 1. The molecule has 1 saturated heterocycles. The summed E-state index contributed by atoms with van der Waals surface area (Å²) < 4.78 is 4.65. The Morgan fingerprint density at radius 3 is 2.45 bits per heavy atom. The van der Waals surface area contributed by atoms with E-state index in [1.54, 1.807) is 24.3 Å². The summed E-state index contributed by atoms with van der Waals surface area (Å²) in [6, 6.07) is 7.60. The van der Waals surface area contributed by atoms with Crippen molar-refractivity contribution >= 4 is 41.3 Å². The van der Waals surface area contributed by atoms with Gasteiger partial charge in [-0.05, 0) is 23.7 Å². The van der Waals surface area contributed by atoms with Crippen molar-refractivity contribution in [3.05, 3.63) is 35.9 Å². The molecule has 1 heterocycles. The maximum absolute atomic E-state index is 12.1. The minimum absolute atomic E-state index is 0. The van der Waals surface area contributed by atoms with E-state index in [4.69, 9.17) is 11.6 Å². The molecule has 1 aliphatic rings. The number of halogens is 2. The lowest BCUT2D eigenvalue weighted by molar-refractivity contribution is -0.144. The van der Waals surface area contributed by atoms with E-state index in [9.17, 15) is 14.4 Å². The minimum Gasteiger partial charge on any atom is -0.467 e. The zero-order valence-corrected chi connectivity index (χ0v) is 13.4. The number of amides is 2. The maximum atomic E-state index is 12.1. The highest BCUT2D eigenvalue weighted by molar-refractivity contribution is 6.63. The fraction of sp³-hybridized carbons (Fsp3) is 0.357. The van der Waals surface area contributed by atoms with Crippen LogP contribution in [0, 0.1) is 0 Å². The molecule has 2 rings (SSSR count). The number of esters is 1. The molecule has 1 aliphatic heterocycles. The standard InChI is InChI=1S/C14H15ClN2O4.ClH/c1-21-13(19)11-7-10(8-17(11)14(15)20)16-12(18)9-5-3-2-4-6-9;/h2-6,10-11H,7-8H2,1H3,(H,16,18);1H/t10-,11+;/m1./s1. The second-order valence-corrected chi connectivity index (χ2v) is 5.04. The lowest BCUT2D eigenvalue weighted by Crippen LogP contribution is -2.39. The SMILES string of the molecule is COC(=O)[C@@H]1C[C@@H](NC(=O)c2ccccc2)CN1C(=O)Cl.Cl. The summed E-state index contributed by atoms with van der Waals surface area (Å²) in [6.07, 6.45) is 0.281. The van der Waals surface area contributed by atoms with Crippen LogP contribution in [0.25, 0.3) is 0 Å². The van der Waals surface area contributed by atoms with Gasteiger partial charge in [0.2, 0.25) is 0 Å². The second-order valence-electron chi connectivity index (χ2n) is 4.72. The lowest BCUT2D eigenvalue weighted by atomic mass is 10.1. The van der Waals surface area contributed by atoms with Crippen molar-refractivity contribution in [1.82, 2.24) is 10.2 Å². The van der Waals surface area contributed by atoms with Crippen molar-refractivity contribution in [3.8, 4) is 0 Å². The van der Waals surface area contributed by atoms with Crippen LogP contribution < -0.4 is 5.32 Å². The second kappa shape index (κ2) is 8.00. The normalized spacial score (nSPS) is 20.0. The molecule has 0 unspecified atom stereocenters. The monoisotopic (exact) mass is 346 g/mol. The molecule has 1 aromatic rings. The van der Waals surface area contributed by atoms with Crippen LogP contribution >= 0.6 is 24.0 Å². The molecule has 1 N–H and O–H groups in total. The van der Waals surface area contributed by atoms with Crippen molar-refractivity contribution in [2.45, 2.75) is 18.5 Å². The van der Waals surface area contributed by atoms with E-state index in [2.05, 4.69) is 10.1 Å². The van der Waals surface area contributed by atoms with E-state index in [0.29, 0.717) is 5.56 Å². The number of methoxy groups -OCH3 is 1. The number of carbonyl (C=O) groups is 3. The summed E-state index contributed by atoms with van der Waals surface area (Å²) in [5.41, 5.74) is 0.516. The number of ether oxygens (including phenoxy) is 1. The molecule has 0 aromatic heterocycles. The molecular weight excluding hydrogens is 331 g/mol. The zero-order chi connectivity index (χ0) is 15.4. The van der Waals surface area contributed by atoms with Crippen LogP contribution in [0.5, 0.6) is 0 Å². The van der Waals surface area contributed by atoms with Gasteiger partial charge in [-0.15, -0.1) is 12.4 Å². The van der Waals surface area contributed by atoms with Crippen molar-refractivity contribution in [1.29, 1.82) is 0 Å². The lowest BCUT2D eigenvalue weighted by Gasteiger charge is -2.18. The van der Waals surface area contributed by atoms with E-state index in [1.807, 2.05) is 6.07 Å². The topological polar surface area (TPSA) is 75.7 Å². The summed E-state index contributed by atoms with van der Waals surface area (Å²) in [4.78, 5) is 36.2. The van der Waals surface area contributed by atoms with Gasteiger partial charge in [-0.25, -0.2) is 4.79 Å². The smallest absolute Gasteiger partial charge is 0.328 e. The molecular formula is C14H16Cl2N2O4. The van der Waals surface area contributed by atoms with Crippen LogP contribution in [0.1, 0.15) is 16.8 Å². The van der Waals surface area contributed by atoms with Crippen LogP contribution in [0.15, 0.2) is 30.3 Å². The van der Waals surface area contributed by atoms with Gasteiger partial charge in [-0.2, -0.15) is 0 Å². The molecule has 2 atom stereocenters. The molecule has 1 fully saturated rings. The first-order valence-electron chi connectivity index (χ1n) is 6.42. The van der Waals surface area contributed by atoms with Gasteiger partial charge in [0.05, 0.1) is 7.11 Å². The third-order valence-corrected chi connectivity index (χ3v) is 3.59. The summed E-state index contributed by atoms with van der Waals surface area (Å²) in [6.45, 7) is 0.181. The van der Waals surface area contributed by atoms with E-state index >= 15 is 0 Å². The van der Waals surface area contributed by atoms with Gasteiger partial charge in [0.1, 0.15) is 6.04 Å². The Kier molecular flexibility index (Phi) is 6.64. The van der Waals surface area contributed by atoms with Crippen molar-refractivity contribution < 1.29 is 19.1 Å². The first kappa shape index (κ1) is 18.3. The van der Waals surface area contributed by atoms with E-state index in [-0.39, 0.29) is 37.3 Å². The fourth-order valence-electron chi connectivity index (χ4n) is 2.35. The highest BCUT2D eigenvalue weighted by atomic mass is 35.5. The van der Waals surface area contributed by atoms with Gasteiger partial charge in [0.15, 0.2) is 0 Å². The molecule has 0 aliphatic carbocycles. The van der Waals surface area contributed by atoms with Crippen LogP contribution in [0.4, 0.5) is 4.79 Å². The van der Waals surface area contributed by atoms with Crippen LogP contribution in [-0.4, -0.2) is 47.9 Å². The highest BCUT2D eigenvalue weighted by Crippen LogP contribution is 2.21. The third kappa shape index (κ3) is 4.11. The van der Waals surface area contributed by atoms with E-state index in [0.717, 1.165) is 0 Å². The summed E-state index contributed by atoms with van der Waals surface area (Å²) >= 11 is 5.47. The number of rotatable bonds is 3. The third-order valence-electron chi connectivity index (χ3n) is 3.37. The Morgan fingerprint density at radius 2 is 1.91 bits per heavy atom. The number of carbonyl (C=O) groups excluding carboxylic acids is 3. The van der Waals surface area contributed by atoms with Gasteiger partial charge in [-0.1, -0.05) is 18.2 Å². The predicted molar refractivity (Wildman–Crippen MR) is 83.3 cm³/mol. The molecule has 0 saturated carbocycles. The van der Waals surface area contributed by atoms with Gasteiger partial charge in [-0.3, -0.25) is 9.59 Å². The van der Waals surface area contributed by atoms with Crippen LogP contribution in [0.2, 0.25) is 0 Å². The fourth-order valence-corrected chi connectivity index (χ4v) is 2.54. The van der Waals surface area contributed by atoms with Gasteiger partial charge >= 0.3 is 11.3 Å². The Morgan fingerprint density at radius 1 is 1.27 bits per heavy atom. The van der Waals surface area contributed by atoms with Gasteiger partial charge in [0.25, 0.3) is 5.91 Å². The number of nitrogens with zero attached hydrogens (tertiary/aromatic N) is 1. The molecule has 6 nitrogen and oxygen atoms in total. The Bertz CT molecular complexity index is 553. The van der Waals surface area contributed by atoms with Gasteiger partial charge in [0, 0.05) is 24.6 Å². The molecule has 8 heteroatoms. The molecule has 0 radical (unpaired) electrons. The van der Waals surface area contributed by atoms with Crippen molar-refractivity contribution in [2.75, 3.05) is 13.7 Å².